The molecule has 1 aliphatic rings. The third kappa shape index (κ3) is 3.40. The molecule has 106 valence electrons. The first-order chi connectivity index (χ1) is 10.3. The third-order valence-corrected chi connectivity index (χ3v) is 3.68. The Kier molecular flexibility index (Phi) is 4.15. The average Bonchev–Trinajstić information content (AvgIpc) is 2.52. The molecule has 0 aliphatic heterocycles. The van der Waals surface area contributed by atoms with E-state index in [4.69, 9.17) is 4.74 Å². The summed E-state index contributed by atoms with van der Waals surface area (Å²) in [6.45, 7) is 0. The predicted molar refractivity (Wildman–Crippen MR) is 84.4 cm³/mol. The van der Waals surface area contributed by atoms with Gasteiger partial charge < -0.3 is 4.74 Å². The number of hydrogen-bond donors (Lipinski definition) is 0. The van der Waals surface area contributed by atoms with Crippen LogP contribution >= 0.6 is 0 Å². The quantitative estimate of drug-likeness (QED) is 0.738. The summed E-state index contributed by atoms with van der Waals surface area (Å²) in [4.78, 5) is 12.0. The van der Waals surface area contributed by atoms with Crippen molar-refractivity contribution in [2.75, 3.05) is 0 Å². The number of benzene rings is 2. The van der Waals surface area contributed by atoms with E-state index in [1.54, 1.807) is 0 Å². The van der Waals surface area contributed by atoms with Crippen LogP contribution in [0, 0.1) is 0 Å². The summed E-state index contributed by atoms with van der Waals surface area (Å²) in [7, 11) is 0. The third-order valence-electron chi connectivity index (χ3n) is 3.68. The molecule has 0 saturated heterocycles. The van der Waals surface area contributed by atoms with Gasteiger partial charge in [-0.05, 0) is 49.1 Å². The highest BCUT2D eigenvalue weighted by Crippen LogP contribution is 2.29. The van der Waals surface area contributed by atoms with Gasteiger partial charge in [0.1, 0.15) is 11.5 Å². The molecule has 2 heteroatoms. The average molecular weight is 278 g/mol. The molecule has 1 aliphatic carbocycles. The van der Waals surface area contributed by atoms with Gasteiger partial charge in [0.15, 0.2) is 5.78 Å². The fourth-order valence-electron chi connectivity index (χ4n) is 2.55. The van der Waals surface area contributed by atoms with Crippen LogP contribution in [-0.2, 0) is 4.79 Å². The van der Waals surface area contributed by atoms with Crippen molar-refractivity contribution in [2.45, 2.75) is 25.7 Å². The Morgan fingerprint density at radius 1 is 0.857 bits per heavy atom. The van der Waals surface area contributed by atoms with Crippen LogP contribution < -0.4 is 4.74 Å². The second-order valence-electron chi connectivity index (χ2n) is 5.25. The molecular weight excluding hydrogens is 260 g/mol. The molecule has 2 nitrogen and oxygen atoms in total. The maximum atomic E-state index is 12.0. The van der Waals surface area contributed by atoms with Crippen LogP contribution in [0.4, 0.5) is 0 Å². The summed E-state index contributed by atoms with van der Waals surface area (Å²) in [6.07, 6.45) is 5.64. The van der Waals surface area contributed by atoms with Gasteiger partial charge in [0.25, 0.3) is 0 Å². The van der Waals surface area contributed by atoms with E-state index >= 15 is 0 Å². The minimum Gasteiger partial charge on any atom is -0.457 e. The second-order valence-corrected chi connectivity index (χ2v) is 5.25. The van der Waals surface area contributed by atoms with Gasteiger partial charge in [-0.1, -0.05) is 36.4 Å². The predicted octanol–water partition coefficient (Wildman–Crippen LogP) is 5.01. The lowest BCUT2D eigenvalue weighted by Gasteiger charge is -2.14. The van der Waals surface area contributed by atoms with Crippen molar-refractivity contribution in [1.29, 1.82) is 0 Å². The number of Topliss-reactive ketones (excluding diaryl/α,β-unsaturated/α-hetero) is 1. The number of hydrogen-bond acceptors (Lipinski definition) is 2. The Labute approximate surface area is 125 Å². The summed E-state index contributed by atoms with van der Waals surface area (Å²) < 4.78 is 5.93. The molecule has 2 aromatic carbocycles. The van der Waals surface area contributed by atoms with E-state index in [0.717, 1.165) is 41.9 Å². The molecule has 0 radical (unpaired) electrons. The van der Waals surface area contributed by atoms with Crippen molar-refractivity contribution in [2.24, 2.45) is 0 Å². The highest BCUT2D eigenvalue weighted by atomic mass is 16.5. The first-order valence-electron chi connectivity index (χ1n) is 7.38. The van der Waals surface area contributed by atoms with Crippen molar-refractivity contribution < 1.29 is 9.53 Å². The maximum Gasteiger partial charge on any atom is 0.158 e. The van der Waals surface area contributed by atoms with E-state index in [-0.39, 0.29) is 5.78 Å². The smallest absolute Gasteiger partial charge is 0.158 e. The van der Waals surface area contributed by atoms with Gasteiger partial charge in [0.2, 0.25) is 0 Å². The molecule has 0 atom stereocenters. The molecule has 3 rings (SSSR count). The first kappa shape index (κ1) is 13.6. The number of ether oxygens (including phenoxy) is 1. The number of rotatable bonds is 3. The summed E-state index contributed by atoms with van der Waals surface area (Å²) in [5.41, 5.74) is 1.89. The SMILES string of the molecule is O=C1CCCCC1=Cc1ccccc1Oc1ccccc1. The largest absolute Gasteiger partial charge is 0.457 e. The zero-order chi connectivity index (χ0) is 14.5. The van der Waals surface area contributed by atoms with Crippen molar-refractivity contribution in [1.82, 2.24) is 0 Å². The van der Waals surface area contributed by atoms with Crippen molar-refractivity contribution >= 4 is 11.9 Å². The molecule has 21 heavy (non-hydrogen) atoms. The van der Waals surface area contributed by atoms with Crippen LogP contribution in [0.2, 0.25) is 0 Å². The van der Waals surface area contributed by atoms with Gasteiger partial charge in [0, 0.05) is 12.0 Å². The van der Waals surface area contributed by atoms with Gasteiger partial charge >= 0.3 is 0 Å². The Bertz CT molecular complexity index is 656. The van der Waals surface area contributed by atoms with Crippen molar-refractivity contribution in [3.8, 4) is 11.5 Å². The molecular formula is C19H18O2. The van der Waals surface area contributed by atoms with Crippen molar-refractivity contribution in [3.05, 3.63) is 65.7 Å². The highest BCUT2D eigenvalue weighted by Gasteiger charge is 2.15. The number of para-hydroxylation sites is 2. The summed E-state index contributed by atoms with van der Waals surface area (Å²) in [5.74, 6) is 1.86. The fraction of sp³-hybridized carbons (Fsp3) is 0.211. The molecule has 0 N–H and O–H groups in total. The number of allylic oxidation sites excluding steroid dienone is 1. The lowest BCUT2D eigenvalue weighted by atomic mass is 9.92. The molecule has 2 aromatic rings. The number of carbonyl (C=O) groups excluding carboxylic acids is 1. The maximum absolute atomic E-state index is 12.0. The summed E-state index contributed by atoms with van der Waals surface area (Å²) in [5, 5.41) is 0. The Morgan fingerprint density at radius 2 is 1.57 bits per heavy atom. The standard InChI is InChI=1S/C19H18O2/c20-18-12-6-4-8-15(18)14-16-9-5-7-13-19(16)21-17-10-2-1-3-11-17/h1-3,5,7,9-11,13-14H,4,6,8,12H2. The minimum atomic E-state index is 0.274. The second kappa shape index (κ2) is 6.40. The van der Waals surface area contributed by atoms with Gasteiger partial charge in [-0.15, -0.1) is 0 Å². The molecule has 0 amide bonds. The normalized spacial score (nSPS) is 17.0. The fourth-order valence-corrected chi connectivity index (χ4v) is 2.55. The first-order valence-corrected chi connectivity index (χ1v) is 7.38. The molecule has 0 bridgehead atoms. The Balaban J connectivity index is 1.89. The molecule has 1 fully saturated rings. The molecule has 0 aromatic heterocycles. The van der Waals surface area contributed by atoms with E-state index in [0.29, 0.717) is 6.42 Å². The van der Waals surface area contributed by atoms with Crippen LogP contribution in [0.1, 0.15) is 31.2 Å². The minimum absolute atomic E-state index is 0.274. The van der Waals surface area contributed by atoms with E-state index in [1.807, 2.05) is 60.7 Å². The lowest BCUT2D eigenvalue weighted by molar-refractivity contribution is -0.116. The zero-order valence-corrected chi connectivity index (χ0v) is 11.9. The van der Waals surface area contributed by atoms with E-state index < -0.39 is 0 Å². The van der Waals surface area contributed by atoms with Crippen LogP contribution in [-0.4, -0.2) is 5.78 Å². The van der Waals surface area contributed by atoms with Crippen molar-refractivity contribution in [3.63, 3.8) is 0 Å². The molecule has 0 heterocycles. The lowest BCUT2D eigenvalue weighted by Crippen LogP contribution is -2.08. The van der Waals surface area contributed by atoms with E-state index in [9.17, 15) is 4.79 Å². The van der Waals surface area contributed by atoms with Crippen LogP contribution in [0.3, 0.4) is 0 Å². The van der Waals surface area contributed by atoms with Crippen LogP contribution in [0.25, 0.3) is 6.08 Å². The van der Waals surface area contributed by atoms with Crippen LogP contribution in [0.5, 0.6) is 11.5 Å². The van der Waals surface area contributed by atoms with Gasteiger partial charge in [-0.3, -0.25) is 4.79 Å². The van der Waals surface area contributed by atoms with Gasteiger partial charge in [0.05, 0.1) is 0 Å². The van der Waals surface area contributed by atoms with E-state index in [1.165, 1.54) is 0 Å². The van der Waals surface area contributed by atoms with Gasteiger partial charge in [-0.2, -0.15) is 0 Å². The monoisotopic (exact) mass is 278 g/mol. The topological polar surface area (TPSA) is 26.3 Å². The summed E-state index contributed by atoms with van der Waals surface area (Å²) in [6, 6.07) is 17.6. The number of carbonyl (C=O) groups is 1. The summed E-state index contributed by atoms with van der Waals surface area (Å²) >= 11 is 0. The highest BCUT2D eigenvalue weighted by molar-refractivity contribution is 6.00. The Morgan fingerprint density at radius 3 is 2.38 bits per heavy atom. The molecule has 0 unspecified atom stereocenters. The van der Waals surface area contributed by atoms with Gasteiger partial charge in [-0.25, -0.2) is 0 Å². The zero-order valence-electron chi connectivity index (χ0n) is 11.9. The number of ketones is 1. The van der Waals surface area contributed by atoms with E-state index in [2.05, 4.69) is 0 Å². The molecule has 1 saturated carbocycles. The molecule has 0 spiro atoms. The Hall–Kier alpha value is -2.35. The van der Waals surface area contributed by atoms with Crippen LogP contribution in [0.15, 0.2) is 60.2 Å².